The van der Waals surface area contributed by atoms with E-state index in [9.17, 15) is 0 Å². The van der Waals surface area contributed by atoms with Gasteiger partial charge in [-0.15, -0.1) is 0 Å². The molecule has 0 heterocycles. The summed E-state index contributed by atoms with van der Waals surface area (Å²) < 4.78 is 65.9. The van der Waals surface area contributed by atoms with Gasteiger partial charge in [0.2, 0.25) is 0 Å². The molecule has 13 nitrogen and oxygen atoms in total. The molecule has 0 spiro atoms. The van der Waals surface area contributed by atoms with Crippen molar-refractivity contribution in [3.8, 4) is 0 Å². The molecule has 0 amide bonds. The first kappa shape index (κ1) is 52.5. The van der Waals surface area contributed by atoms with E-state index >= 15 is 0 Å². The highest BCUT2D eigenvalue weighted by atomic mass is 16.6. The smallest absolute Gasteiger partial charge is 0.0701 e. The third kappa shape index (κ3) is 47.6. The summed E-state index contributed by atoms with van der Waals surface area (Å²) in [4.78, 5) is 0. The van der Waals surface area contributed by atoms with E-state index in [1.807, 2.05) is 0 Å². The van der Waals surface area contributed by atoms with Crippen LogP contribution < -0.4 is 0 Å². The molecule has 320 valence electrons. The summed E-state index contributed by atoms with van der Waals surface area (Å²) in [6.07, 6.45) is 16.3. The van der Waals surface area contributed by atoms with Crippen LogP contribution in [0.5, 0.6) is 0 Å². The lowest BCUT2D eigenvalue weighted by Crippen LogP contribution is -2.16. The van der Waals surface area contributed by atoms with Gasteiger partial charge in [0, 0.05) is 6.61 Å². The van der Waals surface area contributed by atoms with Crippen LogP contribution in [0, 0.1) is 5.92 Å². The summed E-state index contributed by atoms with van der Waals surface area (Å²) in [5.41, 5.74) is 0. The van der Waals surface area contributed by atoms with E-state index in [0.717, 1.165) is 6.61 Å². The van der Waals surface area contributed by atoms with Crippen LogP contribution in [0.2, 0.25) is 0 Å². The number of rotatable bonds is 49. The average molecular weight is 771 g/mol. The predicted octanol–water partition coefficient (Wildman–Crippen LogP) is 5.52. The van der Waals surface area contributed by atoms with Crippen molar-refractivity contribution in [2.45, 2.75) is 90.9 Å². The van der Waals surface area contributed by atoms with E-state index in [-0.39, 0.29) is 6.61 Å². The first-order valence-corrected chi connectivity index (χ1v) is 20.9. The molecule has 0 fully saturated rings. The lowest BCUT2D eigenvalue weighted by molar-refractivity contribution is -0.0289. The van der Waals surface area contributed by atoms with Gasteiger partial charge in [0.25, 0.3) is 0 Å². The monoisotopic (exact) mass is 771 g/mol. The van der Waals surface area contributed by atoms with Crippen molar-refractivity contribution >= 4 is 0 Å². The van der Waals surface area contributed by atoms with E-state index in [1.165, 1.54) is 77.0 Å². The van der Waals surface area contributed by atoms with Gasteiger partial charge in [-0.3, -0.25) is 0 Å². The van der Waals surface area contributed by atoms with Gasteiger partial charge in [-0.1, -0.05) is 84.5 Å². The maximum atomic E-state index is 8.59. The zero-order valence-electron chi connectivity index (χ0n) is 34.1. The first-order chi connectivity index (χ1) is 26.3. The van der Waals surface area contributed by atoms with Crippen molar-refractivity contribution in [2.75, 3.05) is 165 Å². The van der Waals surface area contributed by atoms with Crippen molar-refractivity contribution in [3.05, 3.63) is 0 Å². The van der Waals surface area contributed by atoms with Crippen LogP contribution in [0.1, 0.15) is 90.9 Å². The van der Waals surface area contributed by atoms with Crippen LogP contribution in [0.4, 0.5) is 0 Å². The molecule has 0 aliphatic rings. The molecule has 0 saturated heterocycles. The molecule has 0 rings (SSSR count). The van der Waals surface area contributed by atoms with Crippen LogP contribution in [-0.4, -0.2) is 170 Å². The molecule has 0 aromatic rings. The molecule has 1 N–H and O–H groups in total. The van der Waals surface area contributed by atoms with Crippen LogP contribution in [0.15, 0.2) is 0 Å². The molecule has 1 unspecified atom stereocenters. The summed E-state index contributed by atoms with van der Waals surface area (Å²) in [5.74, 6) is 0.665. The molecular formula is C40H82O13. The Hall–Kier alpha value is -0.520. The zero-order valence-corrected chi connectivity index (χ0v) is 34.1. The minimum absolute atomic E-state index is 0.0268. The number of aliphatic hydroxyl groups excluding tert-OH is 1. The third-order valence-corrected chi connectivity index (χ3v) is 8.22. The highest BCUT2D eigenvalue weighted by molar-refractivity contribution is 4.57. The molecule has 1 atom stereocenters. The fraction of sp³-hybridized carbons (Fsp3) is 1.00. The standard InChI is InChI=1S/C40H82O13/c1-3-5-6-7-8-9-10-11-12-13-14-40(4-2)39-53-38-37-52-36-35-51-34-33-50-32-31-49-30-29-48-28-27-47-26-25-46-24-23-45-22-21-44-20-19-43-18-17-42-16-15-41/h40-41H,3-39H2,1-2H3. The van der Waals surface area contributed by atoms with Gasteiger partial charge in [-0.25, -0.2) is 0 Å². The van der Waals surface area contributed by atoms with E-state index < -0.39 is 0 Å². The number of unbranched alkanes of at least 4 members (excludes halogenated alkanes) is 9. The molecule has 13 heteroatoms. The predicted molar refractivity (Wildman–Crippen MR) is 207 cm³/mol. The summed E-state index contributed by atoms with van der Waals surface area (Å²) in [6.45, 7) is 17.3. The molecule has 0 aromatic heterocycles. The molecule has 0 aromatic carbocycles. The number of ether oxygens (including phenoxy) is 12. The van der Waals surface area contributed by atoms with E-state index in [4.69, 9.17) is 61.9 Å². The molecule has 0 aliphatic heterocycles. The zero-order chi connectivity index (χ0) is 38.2. The molecule has 0 bridgehead atoms. The molecule has 0 radical (unpaired) electrons. The molecule has 0 aliphatic carbocycles. The Morgan fingerprint density at radius 3 is 0.811 bits per heavy atom. The van der Waals surface area contributed by atoms with Crippen LogP contribution in [0.3, 0.4) is 0 Å². The minimum atomic E-state index is 0.0268. The summed E-state index contributed by atoms with van der Waals surface area (Å²) >= 11 is 0. The summed E-state index contributed by atoms with van der Waals surface area (Å²) in [5, 5.41) is 8.59. The molecular weight excluding hydrogens is 688 g/mol. The van der Waals surface area contributed by atoms with Gasteiger partial charge in [0.15, 0.2) is 0 Å². The lowest BCUT2D eigenvalue weighted by Gasteiger charge is -2.15. The minimum Gasteiger partial charge on any atom is -0.394 e. The Labute approximate surface area is 323 Å². The maximum absolute atomic E-state index is 8.59. The number of aliphatic hydroxyl groups is 1. The molecule has 53 heavy (non-hydrogen) atoms. The van der Waals surface area contributed by atoms with Crippen LogP contribution in [-0.2, 0) is 56.8 Å². The summed E-state index contributed by atoms with van der Waals surface area (Å²) in [7, 11) is 0. The van der Waals surface area contributed by atoms with Gasteiger partial charge < -0.3 is 61.9 Å². The Kier molecular flexibility index (Phi) is 49.0. The topological polar surface area (TPSA) is 131 Å². The van der Waals surface area contributed by atoms with Crippen LogP contribution in [0.25, 0.3) is 0 Å². The highest BCUT2D eigenvalue weighted by Gasteiger charge is 2.06. The Morgan fingerprint density at radius 2 is 0.547 bits per heavy atom. The van der Waals surface area contributed by atoms with Gasteiger partial charge in [0.1, 0.15) is 0 Å². The largest absolute Gasteiger partial charge is 0.394 e. The maximum Gasteiger partial charge on any atom is 0.0701 e. The Morgan fingerprint density at radius 1 is 0.302 bits per heavy atom. The van der Waals surface area contributed by atoms with E-state index in [0.29, 0.717) is 158 Å². The fourth-order valence-corrected chi connectivity index (χ4v) is 5.06. The second-order valence-corrected chi connectivity index (χ2v) is 12.8. The van der Waals surface area contributed by atoms with Crippen molar-refractivity contribution in [3.63, 3.8) is 0 Å². The van der Waals surface area contributed by atoms with Gasteiger partial charge in [-0.2, -0.15) is 0 Å². The number of hydrogen-bond donors (Lipinski definition) is 1. The SMILES string of the molecule is CCCCCCCCCCCCC(CC)COCCOCCOCCOCCOCCOCCOCCOCCOCCOCCOCCOCCO. The van der Waals surface area contributed by atoms with Crippen molar-refractivity contribution in [1.82, 2.24) is 0 Å². The second kappa shape index (κ2) is 49.5. The average Bonchev–Trinajstić information content (AvgIpc) is 3.17. The van der Waals surface area contributed by atoms with E-state index in [1.54, 1.807) is 0 Å². The normalized spacial score (nSPS) is 12.3. The Balaban J connectivity index is 3.16. The van der Waals surface area contributed by atoms with Gasteiger partial charge >= 0.3 is 0 Å². The van der Waals surface area contributed by atoms with Gasteiger partial charge in [0.05, 0.1) is 159 Å². The second-order valence-electron chi connectivity index (χ2n) is 12.8. The van der Waals surface area contributed by atoms with Crippen molar-refractivity contribution in [1.29, 1.82) is 0 Å². The number of hydrogen-bond acceptors (Lipinski definition) is 13. The fourth-order valence-electron chi connectivity index (χ4n) is 5.06. The van der Waals surface area contributed by atoms with Crippen molar-refractivity contribution in [2.24, 2.45) is 5.92 Å². The van der Waals surface area contributed by atoms with E-state index in [2.05, 4.69) is 13.8 Å². The molecule has 0 saturated carbocycles. The Bertz CT molecular complexity index is 635. The first-order valence-electron chi connectivity index (χ1n) is 20.9. The lowest BCUT2D eigenvalue weighted by atomic mass is 9.98. The highest BCUT2D eigenvalue weighted by Crippen LogP contribution is 2.16. The van der Waals surface area contributed by atoms with Gasteiger partial charge in [-0.05, 0) is 12.3 Å². The quantitative estimate of drug-likeness (QED) is 0.0781. The third-order valence-electron chi connectivity index (χ3n) is 8.22. The summed E-state index contributed by atoms with van der Waals surface area (Å²) in [6, 6.07) is 0. The van der Waals surface area contributed by atoms with Crippen LogP contribution >= 0.6 is 0 Å². The van der Waals surface area contributed by atoms with Crippen molar-refractivity contribution < 1.29 is 61.9 Å².